The van der Waals surface area contributed by atoms with E-state index in [0.29, 0.717) is 5.71 Å². The third kappa shape index (κ3) is 1.01. The lowest BCUT2D eigenvalue weighted by Gasteiger charge is -2.06. The molecule has 4 nitrogen and oxygen atoms in total. The molecular weight excluding hydrogens is 139 g/mol. The minimum Gasteiger partial charge on any atom is -0.353 e. The topological polar surface area (TPSA) is 86.1 Å². The largest absolute Gasteiger partial charge is 0.353 e. The molecule has 1 fully saturated rings. The first-order valence-electron chi connectivity index (χ1n) is 3.49. The molecule has 2 atom stereocenters. The van der Waals surface area contributed by atoms with Crippen molar-refractivity contribution in [3.63, 3.8) is 0 Å². The van der Waals surface area contributed by atoms with Crippen molar-refractivity contribution >= 4 is 25.1 Å². The number of hydrogen-bond acceptors (Lipinski definition) is 4. The van der Waals surface area contributed by atoms with E-state index in [9.17, 15) is 0 Å². The maximum atomic E-state index is 7.44. The van der Waals surface area contributed by atoms with Gasteiger partial charge in [-0.05, 0) is 0 Å². The lowest BCUT2D eigenvalue weighted by Crippen LogP contribution is -2.31. The van der Waals surface area contributed by atoms with Gasteiger partial charge < -0.3 is 16.0 Å². The minimum absolute atomic E-state index is 0.0278. The van der Waals surface area contributed by atoms with Crippen LogP contribution in [0, 0.1) is 16.7 Å². The summed E-state index contributed by atoms with van der Waals surface area (Å²) in [5.41, 5.74) is 6.70. The van der Waals surface area contributed by atoms with E-state index in [4.69, 9.17) is 16.6 Å². The fraction of sp³-hybridized carbons (Fsp3) is 0.500. The molecule has 11 heavy (non-hydrogen) atoms. The molecule has 0 aromatic rings. The van der Waals surface area contributed by atoms with Crippen LogP contribution < -0.4 is 5.73 Å². The summed E-state index contributed by atoms with van der Waals surface area (Å²) >= 11 is 0. The van der Waals surface area contributed by atoms with Crippen molar-refractivity contribution in [2.75, 3.05) is 0 Å². The number of rotatable bonds is 0. The van der Waals surface area contributed by atoms with E-state index in [1.807, 2.05) is 6.92 Å². The Morgan fingerprint density at radius 2 is 2.09 bits per heavy atom. The molecule has 1 saturated carbocycles. The molecule has 0 aromatic carbocycles. The molecule has 0 spiro atoms. The Hall–Kier alpha value is -0.965. The van der Waals surface area contributed by atoms with Crippen LogP contribution in [0.2, 0.25) is 0 Å². The molecule has 0 aromatic heterocycles. The van der Waals surface area contributed by atoms with Crippen molar-refractivity contribution in [2.45, 2.75) is 13.0 Å². The average molecular weight is 150 g/mol. The Bertz CT molecular complexity index is 245. The van der Waals surface area contributed by atoms with Crippen molar-refractivity contribution < 1.29 is 0 Å². The monoisotopic (exact) mass is 150 g/mol. The molecule has 1 aliphatic carbocycles. The van der Waals surface area contributed by atoms with E-state index >= 15 is 0 Å². The fourth-order valence-electron chi connectivity index (χ4n) is 1.27. The first-order chi connectivity index (χ1) is 5.09. The van der Waals surface area contributed by atoms with Gasteiger partial charge in [0.1, 0.15) is 0 Å². The van der Waals surface area contributed by atoms with Gasteiger partial charge in [-0.2, -0.15) is 0 Å². The van der Waals surface area contributed by atoms with Crippen LogP contribution in [0.25, 0.3) is 0 Å². The molecule has 4 N–H and O–H groups in total. The number of nitrogens with two attached hydrogens (primary N) is 1. The van der Waals surface area contributed by atoms with E-state index in [-0.39, 0.29) is 23.4 Å². The van der Waals surface area contributed by atoms with Crippen molar-refractivity contribution in [1.29, 1.82) is 10.8 Å². The lowest BCUT2D eigenvalue weighted by atomic mass is 10.1. The molecule has 0 heterocycles. The zero-order valence-electron chi connectivity index (χ0n) is 6.68. The van der Waals surface area contributed by atoms with Gasteiger partial charge in [-0.15, -0.1) is 0 Å². The second-order valence-corrected chi connectivity index (χ2v) is 2.71. The van der Waals surface area contributed by atoms with Crippen LogP contribution in [0.4, 0.5) is 0 Å². The summed E-state index contributed by atoms with van der Waals surface area (Å²) in [6.07, 6.45) is 0. The highest BCUT2D eigenvalue weighted by molar-refractivity contribution is 6.72. The van der Waals surface area contributed by atoms with Gasteiger partial charge in [0.05, 0.1) is 17.5 Å². The highest BCUT2D eigenvalue weighted by Crippen LogP contribution is 2.15. The minimum atomic E-state index is -0.332. The third-order valence-corrected chi connectivity index (χ3v) is 2.07. The van der Waals surface area contributed by atoms with Crippen LogP contribution in [0.5, 0.6) is 0 Å². The quantitative estimate of drug-likeness (QED) is 0.379. The van der Waals surface area contributed by atoms with Crippen molar-refractivity contribution in [2.24, 2.45) is 16.6 Å². The molecule has 1 aliphatic rings. The normalized spacial score (nSPS) is 35.3. The smallest absolute Gasteiger partial charge is 0.244 e. The molecular formula is C6H11BN4. The van der Waals surface area contributed by atoms with E-state index in [0.717, 1.165) is 0 Å². The summed E-state index contributed by atoms with van der Waals surface area (Å²) in [7, 11) is 1.63. The lowest BCUT2D eigenvalue weighted by molar-refractivity contribution is 0.717. The third-order valence-electron chi connectivity index (χ3n) is 2.07. The summed E-state index contributed by atoms with van der Waals surface area (Å²) < 4.78 is 0. The van der Waals surface area contributed by atoms with Crippen LogP contribution in [0.1, 0.15) is 6.92 Å². The number of hydrogen-bond donors (Lipinski definition) is 3. The molecule has 0 aliphatic heterocycles. The van der Waals surface area contributed by atoms with E-state index in [1.165, 1.54) is 0 Å². The molecule has 0 bridgehead atoms. The summed E-state index contributed by atoms with van der Waals surface area (Å²) in [6, 6.07) is -0.332. The number of nitrogens with one attached hydrogen (secondary N) is 2. The predicted octanol–water partition coefficient (Wildman–Crippen LogP) is -1.01. The van der Waals surface area contributed by atoms with Gasteiger partial charge in [-0.1, -0.05) is 6.92 Å². The highest BCUT2D eigenvalue weighted by atomic mass is 14.8. The molecule has 0 amide bonds. The number of nitrogens with zero attached hydrogens (tertiary/aromatic N) is 1. The second kappa shape index (κ2) is 2.58. The summed E-state index contributed by atoms with van der Waals surface area (Å²) in [5.74, 6) is 0.0278. The molecule has 5 heteroatoms. The average Bonchev–Trinajstić information content (AvgIpc) is 2.17. The van der Waals surface area contributed by atoms with Gasteiger partial charge in [0, 0.05) is 11.6 Å². The standard InChI is InChI=1S/C6H11BN4/c1-2-3(8)4(9)5(10)6(2)11-7/h2-3,9-10H,7-8H2,1H3. The van der Waals surface area contributed by atoms with Crippen LogP contribution >= 0.6 is 0 Å². The first kappa shape index (κ1) is 8.13. The summed E-state index contributed by atoms with van der Waals surface area (Å²) in [4.78, 5) is 3.92. The van der Waals surface area contributed by atoms with Crippen LogP contribution in [-0.2, 0) is 0 Å². The summed E-state index contributed by atoms with van der Waals surface area (Å²) in [5, 5.41) is 14.8. The van der Waals surface area contributed by atoms with Crippen molar-refractivity contribution in [3.05, 3.63) is 0 Å². The zero-order chi connectivity index (χ0) is 8.59. The van der Waals surface area contributed by atoms with E-state index in [2.05, 4.69) is 4.90 Å². The van der Waals surface area contributed by atoms with Gasteiger partial charge in [-0.3, -0.25) is 5.41 Å². The Kier molecular flexibility index (Phi) is 1.91. The highest BCUT2D eigenvalue weighted by Gasteiger charge is 2.35. The fourth-order valence-corrected chi connectivity index (χ4v) is 1.27. The maximum Gasteiger partial charge on any atom is 0.244 e. The summed E-state index contributed by atoms with van der Waals surface area (Å²) in [6.45, 7) is 1.89. The Morgan fingerprint density at radius 1 is 1.55 bits per heavy atom. The SMILES string of the molecule is BN=C1C(=N)C(=N)C(N)C1C. The second-order valence-electron chi connectivity index (χ2n) is 2.71. The first-order valence-corrected chi connectivity index (χ1v) is 3.49. The van der Waals surface area contributed by atoms with Crippen LogP contribution in [0.15, 0.2) is 4.90 Å². The van der Waals surface area contributed by atoms with Gasteiger partial charge in [0.2, 0.25) is 7.98 Å². The van der Waals surface area contributed by atoms with Crippen LogP contribution in [0.3, 0.4) is 0 Å². The van der Waals surface area contributed by atoms with Crippen LogP contribution in [-0.4, -0.2) is 31.2 Å². The molecule has 58 valence electrons. The van der Waals surface area contributed by atoms with Gasteiger partial charge in [0.15, 0.2) is 0 Å². The van der Waals surface area contributed by atoms with E-state index < -0.39 is 0 Å². The van der Waals surface area contributed by atoms with Gasteiger partial charge in [0.25, 0.3) is 0 Å². The van der Waals surface area contributed by atoms with Crippen molar-refractivity contribution in [1.82, 2.24) is 0 Å². The Balaban J connectivity index is 3.05. The van der Waals surface area contributed by atoms with Gasteiger partial charge >= 0.3 is 0 Å². The van der Waals surface area contributed by atoms with E-state index in [1.54, 1.807) is 7.98 Å². The molecule has 1 rings (SSSR count). The molecule has 2 unspecified atom stereocenters. The molecule has 0 radical (unpaired) electrons. The Labute approximate surface area is 66.3 Å². The zero-order valence-corrected chi connectivity index (χ0v) is 6.68. The Morgan fingerprint density at radius 3 is 2.27 bits per heavy atom. The van der Waals surface area contributed by atoms with Crippen molar-refractivity contribution in [3.8, 4) is 0 Å². The maximum absolute atomic E-state index is 7.44. The predicted molar refractivity (Wildman–Crippen MR) is 48.6 cm³/mol. The van der Waals surface area contributed by atoms with Gasteiger partial charge in [-0.25, -0.2) is 0 Å². The molecule has 0 saturated heterocycles.